The van der Waals surface area contributed by atoms with Gasteiger partial charge in [-0.1, -0.05) is 0 Å². The summed E-state index contributed by atoms with van der Waals surface area (Å²) in [6.07, 6.45) is -3.09. The number of fused-ring (bicyclic) bond motifs is 1. The minimum atomic E-state index is -4.25. The fourth-order valence-electron chi connectivity index (χ4n) is 3.78. The van der Waals surface area contributed by atoms with Crippen LogP contribution in [0.4, 0.5) is 24.9 Å². The number of Topliss-reactive ketones (excluding diaryl/α,β-unsaturated/α-hetero) is 1. The van der Waals surface area contributed by atoms with Crippen molar-refractivity contribution in [3.05, 3.63) is 10.9 Å². The zero-order valence-electron chi connectivity index (χ0n) is 13.6. The van der Waals surface area contributed by atoms with E-state index in [0.29, 0.717) is 34.8 Å². The van der Waals surface area contributed by atoms with Gasteiger partial charge in [-0.2, -0.15) is 18.2 Å². The summed E-state index contributed by atoms with van der Waals surface area (Å²) in [4.78, 5) is 23.1. The van der Waals surface area contributed by atoms with Gasteiger partial charge in [0.15, 0.2) is 0 Å². The second kappa shape index (κ2) is 5.55. The summed E-state index contributed by atoms with van der Waals surface area (Å²) in [5, 5.41) is 3.54. The minimum absolute atomic E-state index is 0.0268. The smallest absolute Gasteiger partial charge is 0.357 e. The predicted molar refractivity (Wildman–Crippen MR) is 90.2 cm³/mol. The average molecular weight is 370 g/mol. The number of thiophene rings is 1. The van der Waals surface area contributed by atoms with Crippen molar-refractivity contribution < 1.29 is 18.0 Å². The molecular weight excluding hydrogens is 353 g/mol. The van der Waals surface area contributed by atoms with Gasteiger partial charge in [-0.3, -0.25) is 4.79 Å². The molecule has 1 saturated carbocycles. The van der Waals surface area contributed by atoms with E-state index in [1.54, 1.807) is 13.1 Å². The molecule has 1 saturated heterocycles. The van der Waals surface area contributed by atoms with Gasteiger partial charge in [0.1, 0.15) is 16.4 Å². The predicted octanol–water partition coefficient (Wildman–Crippen LogP) is 3.40. The number of alkyl halides is 3. The van der Waals surface area contributed by atoms with Crippen LogP contribution in [0.1, 0.15) is 24.1 Å². The van der Waals surface area contributed by atoms with Crippen molar-refractivity contribution in [3.63, 3.8) is 0 Å². The number of anilines is 2. The van der Waals surface area contributed by atoms with E-state index in [4.69, 9.17) is 0 Å². The molecule has 2 aromatic rings. The number of halogens is 3. The fourth-order valence-corrected chi connectivity index (χ4v) is 4.84. The lowest BCUT2D eigenvalue weighted by Crippen LogP contribution is -2.40. The van der Waals surface area contributed by atoms with E-state index in [1.165, 1.54) is 0 Å². The fraction of sp³-hybridized carbons (Fsp3) is 0.562. The van der Waals surface area contributed by atoms with Crippen molar-refractivity contribution >= 4 is 39.1 Å². The Hall–Kier alpha value is -1.90. The molecule has 3 heterocycles. The molecule has 1 spiro atoms. The van der Waals surface area contributed by atoms with Crippen LogP contribution in [0.3, 0.4) is 0 Å². The van der Waals surface area contributed by atoms with E-state index in [9.17, 15) is 18.0 Å². The number of nitrogens with zero attached hydrogens (tertiary/aromatic N) is 3. The molecule has 0 aromatic carbocycles. The normalized spacial score (nSPS) is 19.7. The van der Waals surface area contributed by atoms with Gasteiger partial charge in [-0.05, 0) is 12.5 Å². The largest absolute Gasteiger partial charge is 0.393 e. The lowest BCUT2D eigenvalue weighted by Gasteiger charge is -2.36. The van der Waals surface area contributed by atoms with Crippen LogP contribution >= 0.6 is 11.3 Å². The molecule has 25 heavy (non-hydrogen) atoms. The maximum absolute atomic E-state index is 12.7. The van der Waals surface area contributed by atoms with Crippen molar-refractivity contribution in [3.8, 4) is 0 Å². The Kier molecular flexibility index (Phi) is 3.68. The number of hydrogen-bond donors (Lipinski definition) is 1. The van der Waals surface area contributed by atoms with Crippen molar-refractivity contribution in [2.24, 2.45) is 5.41 Å². The topological polar surface area (TPSA) is 58.1 Å². The second-order valence-corrected chi connectivity index (χ2v) is 8.02. The highest BCUT2D eigenvalue weighted by molar-refractivity contribution is 7.18. The van der Waals surface area contributed by atoms with Gasteiger partial charge in [-0.25, -0.2) is 4.98 Å². The molecule has 0 radical (unpaired) electrons. The lowest BCUT2D eigenvalue weighted by atomic mass is 9.67. The number of ketones is 1. The summed E-state index contributed by atoms with van der Waals surface area (Å²) in [6, 6.07) is 1.55. The zero-order chi connectivity index (χ0) is 17.8. The van der Waals surface area contributed by atoms with Crippen molar-refractivity contribution in [2.45, 2.75) is 31.9 Å². The van der Waals surface area contributed by atoms with Crippen LogP contribution < -0.4 is 10.2 Å². The Labute approximate surface area is 146 Å². The van der Waals surface area contributed by atoms with Crippen molar-refractivity contribution in [2.75, 3.05) is 30.4 Å². The molecule has 2 aromatic heterocycles. The van der Waals surface area contributed by atoms with Gasteiger partial charge in [0.05, 0.1) is 11.8 Å². The molecule has 1 N–H and O–H groups in total. The second-order valence-electron chi connectivity index (χ2n) is 6.91. The monoisotopic (exact) mass is 370 g/mol. The Balaban J connectivity index is 1.70. The van der Waals surface area contributed by atoms with Gasteiger partial charge in [0, 0.05) is 43.3 Å². The number of rotatable bonds is 3. The van der Waals surface area contributed by atoms with E-state index in [-0.39, 0.29) is 16.1 Å². The highest BCUT2D eigenvalue weighted by Gasteiger charge is 2.48. The molecule has 0 amide bonds. The maximum atomic E-state index is 12.7. The minimum Gasteiger partial charge on any atom is -0.357 e. The molecule has 2 aliphatic rings. The van der Waals surface area contributed by atoms with E-state index in [0.717, 1.165) is 30.8 Å². The lowest BCUT2D eigenvalue weighted by molar-refractivity contribution is -0.131. The summed E-state index contributed by atoms with van der Waals surface area (Å²) < 4.78 is 38.2. The van der Waals surface area contributed by atoms with Crippen LogP contribution in [0.5, 0.6) is 0 Å². The third-order valence-electron chi connectivity index (χ3n) is 4.90. The maximum Gasteiger partial charge on any atom is 0.393 e. The Bertz CT molecular complexity index is 840. The SMILES string of the molecule is CNc1nc(N2CCC3(CC(=O)C3)C2)c2cc(CC(F)(F)F)sc2n1. The number of carbonyl (C=O) groups excluding carboxylic acids is 1. The van der Waals surface area contributed by atoms with Crippen LogP contribution in [0, 0.1) is 5.41 Å². The first-order valence-electron chi connectivity index (χ1n) is 8.09. The van der Waals surface area contributed by atoms with Gasteiger partial charge in [0.25, 0.3) is 0 Å². The molecule has 9 heteroatoms. The van der Waals surface area contributed by atoms with Gasteiger partial charge in [-0.15, -0.1) is 11.3 Å². The molecule has 0 unspecified atom stereocenters. The van der Waals surface area contributed by atoms with E-state index in [2.05, 4.69) is 20.2 Å². The number of carbonyl (C=O) groups is 1. The Morgan fingerprint density at radius 1 is 1.36 bits per heavy atom. The zero-order valence-corrected chi connectivity index (χ0v) is 14.4. The molecule has 1 aliphatic carbocycles. The summed E-state index contributed by atoms with van der Waals surface area (Å²) in [5.41, 5.74) is 0.0268. The first kappa shape index (κ1) is 16.6. The standard InChI is InChI=1S/C16H17F3N4OS/c1-20-14-21-12(23-3-2-15(8-23)5-9(24)6-15)11-4-10(7-16(17,18)19)25-13(11)22-14/h4H,2-3,5-8H2,1H3,(H,20,21,22). The highest BCUT2D eigenvalue weighted by atomic mass is 32.1. The molecule has 2 fully saturated rings. The number of aromatic nitrogens is 2. The van der Waals surface area contributed by atoms with Crippen LogP contribution in [0.25, 0.3) is 10.2 Å². The molecule has 5 nitrogen and oxygen atoms in total. The number of nitrogens with one attached hydrogen (secondary N) is 1. The first-order valence-corrected chi connectivity index (χ1v) is 8.90. The van der Waals surface area contributed by atoms with Crippen LogP contribution in [-0.2, 0) is 11.2 Å². The summed E-state index contributed by atoms with van der Waals surface area (Å²) in [6.45, 7) is 1.48. The van der Waals surface area contributed by atoms with E-state index in [1.807, 2.05) is 0 Å². The van der Waals surface area contributed by atoms with Gasteiger partial charge in [0.2, 0.25) is 5.95 Å². The van der Waals surface area contributed by atoms with Crippen molar-refractivity contribution in [1.29, 1.82) is 0 Å². The van der Waals surface area contributed by atoms with Crippen LogP contribution in [0.2, 0.25) is 0 Å². The molecular formula is C16H17F3N4OS. The molecule has 134 valence electrons. The molecule has 0 atom stereocenters. The van der Waals surface area contributed by atoms with E-state index < -0.39 is 12.6 Å². The quantitative estimate of drug-likeness (QED) is 0.897. The third kappa shape index (κ3) is 3.05. The van der Waals surface area contributed by atoms with Gasteiger partial charge < -0.3 is 10.2 Å². The molecule has 1 aliphatic heterocycles. The first-order chi connectivity index (χ1) is 11.8. The summed E-state index contributed by atoms with van der Waals surface area (Å²) >= 11 is 1.05. The third-order valence-corrected chi connectivity index (χ3v) is 5.93. The summed E-state index contributed by atoms with van der Waals surface area (Å²) in [5.74, 6) is 1.34. The Morgan fingerprint density at radius 3 is 2.76 bits per heavy atom. The van der Waals surface area contributed by atoms with Crippen molar-refractivity contribution in [1.82, 2.24) is 9.97 Å². The van der Waals surface area contributed by atoms with Gasteiger partial charge >= 0.3 is 6.18 Å². The molecule has 4 rings (SSSR count). The van der Waals surface area contributed by atoms with Crippen LogP contribution in [0.15, 0.2) is 6.07 Å². The van der Waals surface area contributed by atoms with Crippen LogP contribution in [-0.4, -0.2) is 42.1 Å². The number of hydrogen-bond acceptors (Lipinski definition) is 6. The molecule has 0 bridgehead atoms. The Morgan fingerprint density at radius 2 is 2.12 bits per heavy atom. The highest BCUT2D eigenvalue weighted by Crippen LogP contribution is 2.47. The average Bonchev–Trinajstić information content (AvgIpc) is 3.07. The van der Waals surface area contributed by atoms with E-state index >= 15 is 0 Å². The summed E-state index contributed by atoms with van der Waals surface area (Å²) in [7, 11) is 1.69.